The Labute approximate surface area is 101 Å². The van der Waals surface area contributed by atoms with E-state index in [1.165, 1.54) is 6.42 Å². The van der Waals surface area contributed by atoms with Gasteiger partial charge in [-0.3, -0.25) is 9.48 Å². The van der Waals surface area contributed by atoms with Gasteiger partial charge in [0.25, 0.3) is 0 Å². The number of aromatic nitrogens is 3. The van der Waals surface area contributed by atoms with Gasteiger partial charge in [-0.25, -0.2) is 0 Å². The zero-order chi connectivity index (χ0) is 11.9. The highest BCUT2D eigenvalue weighted by Crippen LogP contribution is 2.13. The topological polar surface area (TPSA) is 71.8 Å². The molecule has 6 heteroatoms. The van der Waals surface area contributed by atoms with Crippen LogP contribution in [0, 0.1) is 5.92 Å². The second-order valence-electron chi connectivity index (χ2n) is 4.43. The molecule has 0 bridgehead atoms. The molecule has 0 aliphatic carbocycles. The van der Waals surface area contributed by atoms with Gasteiger partial charge >= 0.3 is 0 Å². The fourth-order valence-electron chi connectivity index (χ4n) is 2.09. The molecule has 1 unspecified atom stereocenters. The molecule has 0 aromatic carbocycles. The summed E-state index contributed by atoms with van der Waals surface area (Å²) >= 11 is 0. The molecule has 1 aliphatic heterocycles. The van der Waals surface area contributed by atoms with Crippen LogP contribution in [0.15, 0.2) is 12.4 Å². The van der Waals surface area contributed by atoms with Crippen LogP contribution in [0.25, 0.3) is 0 Å². The van der Waals surface area contributed by atoms with Crippen molar-refractivity contribution in [3.8, 4) is 0 Å². The lowest BCUT2D eigenvalue weighted by atomic mass is 9.96. The van der Waals surface area contributed by atoms with Gasteiger partial charge in [-0.05, 0) is 31.8 Å². The van der Waals surface area contributed by atoms with E-state index in [4.69, 9.17) is 0 Å². The standard InChI is InChI=1S/C11H19N5O/c17-11(8-10-2-1-3-12-9-10)13-4-6-16-7-5-14-15-16/h5,7,10,12H,1-4,6,8-9H2,(H,13,17). The van der Waals surface area contributed by atoms with Gasteiger partial charge in [0.2, 0.25) is 5.91 Å². The van der Waals surface area contributed by atoms with Crippen LogP contribution < -0.4 is 10.6 Å². The predicted octanol–water partition coefficient (Wildman–Crippen LogP) is -0.216. The average Bonchev–Trinajstić information content (AvgIpc) is 2.83. The van der Waals surface area contributed by atoms with E-state index in [1.54, 1.807) is 17.1 Å². The molecule has 2 heterocycles. The number of nitrogens with zero attached hydrogens (tertiary/aromatic N) is 3. The van der Waals surface area contributed by atoms with E-state index < -0.39 is 0 Å². The Morgan fingerprint density at radius 3 is 3.24 bits per heavy atom. The van der Waals surface area contributed by atoms with Crippen LogP contribution in [-0.2, 0) is 11.3 Å². The minimum absolute atomic E-state index is 0.138. The Balaban J connectivity index is 1.60. The molecule has 1 amide bonds. The van der Waals surface area contributed by atoms with Gasteiger partial charge in [-0.1, -0.05) is 5.21 Å². The molecule has 2 N–H and O–H groups in total. The number of piperidine rings is 1. The van der Waals surface area contributed by atoms with Gasteiger partial charge in [0.1, 0.15) is 0 Å². The SMILES string of the molecule is O=C(CC1CCCNC1)NCCn1ccnn1. The maximum Gasteiger partial charge on any atom is 0.220 e. The predicted molar refractivity (Wildman–Crippen MR) is 63.2 cm³/mol. The first-order chi connectivity index (χ1) is 8.34. The number of nitrogens with one attached hydrogen (secondary N) is 2. The largest absolute Gasteiger partial charge is 0.354 e. The maximum atomic E-state index is 11.7. The van der Waals surface area contributed by atoms with Crippen molar-refractivity contribution in [3.05, 3.63) is 12.4 Å². The van der Waals surface area contributed by atoms with Crippen molar-refractivity contribution in [2.45, 2.75) is 25.8 Å². The van der Waals surface area contributed by atoms with Crippen molar-refractivity contribution >= 4 is 5.91 Å². The Kier molecular flexibility index (Phi) is 4.49. The Morgan fingerprint density at radius 1 is 1.59 bits per heavy atom. The molecular formula is C11H19N5O. The van der Waals surface area contributed by atoms with Crippen LogP contribution in [0.1, 0.15) is 19.3 Å². The fourth-order valence-corrected chi connectivity index (χ4v) is 2.09. The second-order valence-corrected chi connectivity index (χ2v) is 4.43. The molecule has 0 radical (unpaired) electrons. The van der Waals surface area contributed by atoms with E-state index in [9.17, 15) is 4.79 Å². The highest BCUT2D eigenvalue weighted by Gasteiger charge is 2.16. The van der Waals surface area contributed by atoms with Crippen LogP contribution in [0.3, 0.4) is 0 Å². The summed E-state index contributed by atoms with van der Waals surface area (Å²) < 4.78 is 1.71. The summed E-state index contributed by atoms with van der Waals surface area (Å²) in [5.74, 6) is 0.633. The molecule has 1 aromatic heterocycles. The lowest BCUT2D eigenvalue weighted by Crippen LogP contribution is -2.35. The third kappa shape index (κ3) is 4.14. The van der Waals surface area contributed by atoms with Crippen molar-refractivity contribution in [2.75, 3.05) is 19.6 Å². The third-order valence-corrected chi connectivity index (χ3v) is 3.01. The molecule has 1 fully saturated rings. The summed E-state index contributed by atoms with van der Waals surface area (Å²) in [5, 5.41) is 13.8. The van der Waals surface area contributed by atoms with E-state index in [2.05, 4.69) is 20.9 Å². The molecule has 1 aromatic rings. The first-order valence-electron chi connectivity index (χ1n) is 6.16. The summed E-state index contributed by atoms with van der Waals surface area (Å²) in [7, 11) is 0. The highest BCUT2D eigenvalue weighted by atomic mass is 16.1. The number of hydrogen-bond donors (Lipinski definition) is 2. The van der Waals surface area contributed by atoms with E-state index in [-0.39, 0.29) is 5.91 Å². The van der Waals surface area contributed by atoms with Crippen molar-refractivity contribution in [2.24, 2.45) is 5.92 Å². The van der Waals surface area contributed by atoms with Crippen LogP contribution >= 0.6 is 0 Å². The zero-order valence-corrected chi connectivity index (χ0v) is 9.93. The molecule has 94 valence electrons. The molecule has 2 rings (SSSR count). The lowest BCUT2D eigenvalue weighted by molar-refractivity contribution is -0.122. The van der Waals surface area contributed by atoms with Crippen molar-refractivity contribution in [1.29, 1.82) is 0 Å². The smallest absolute Gasteiger partial charge is 0.220 e. The fraction of sp³-hybridized carbons (Fsp3) is 0.727. The number of rotatable bonds is 5. The first kappa shape index (κ1) is 12.0. The van der Waals surface area contributed by atoms with Crippen LogP contribution in [0.4, 0.5) is 0 Å². The van der Waals surface area contributed by atoms with Crippen molar-refractivity contribution in [1.82, 2.24) is 25.6 Å². The molecule has 1 aliphatic rings. The monoisotopic (exact) mass is 237 g/mol. The summed E-state index contributed by atoms with van der Waals surface area (Å²) in [4.78, 5) is 11.7. The summed E-state index contributed by atoms with van der Waals surface area (Å²) in [6.45, 7) is 3.35. The molecule has 0 saturated carbocycles. The summed E-state index contributed by atoms with van der Waals surface area (Å²) in [5.41, 5.74) is 0. The summed E-state index contributed by atoms with van der Waals surface area (Å²) in [6.07, 6.45) is 6.39. The highest BCUT2D eigenvalue weighted by molar-refractivity contribution is 5.76. The van der Waals surface area contributed by atoms with Gasteiger partial charge in [-0.2, -0.15) is 0 Å². The third-order valence-electron chi connectivity index (χ3n) is 3.01. The quantitative estimate of drug-likeness (QED) is 0.743. The van der Waals surface area contributed by atoms with Crippen LogP contribution in [-0.4, -0.2) is 40.5 Å². The van der Waals surface area contributed by atoms with Crippen LogP contribution in [0.5, 0.6) is 0 Å². The second kappa shape index (κ2) is 6.34. The van der Waals surface area contributed by atoms with Crippen LogP contribution in [0.2, 0.25) is 0 Å². The minimum atomic E-state index is 0.138. The Morgan fingerprint density at radius 2 is 2.53 bits per heavy atom. The zero-order valence-electron chi connectivity index (χ0n) is 9.93. The summed E-state index contributed by atoms with van der Waals surface area (Å²) in [6, 6.07) is 0. The van der Waals surface area contributed by atoms with Crippen molar-refractivity contribution < 1.29 is 4.79 Å². The van der Waals surface area contributed by atoms with E-state index in [0.717, 1.165) is 19.5 Å². The minimum Gasteiger partial charge on any atom is -0.354 e. The molecule has 0 spiro atoms. The van der Waals surface area contributed by atoms with Gasteiger partial charge in [0, 0.05) is 19.2 Å². The Bertz CT molecular complexity index is 332. The molecule has 6 nitrogen and oxygen atoms in total. The first-order valence-corrected chi connectivity index (χ1v) is 6.16. The van der Waals surface area contributed by atoms with E-state index in [1.807, 2.05) is 0 Å². The molecule has 1 atom stereocenters. The van der Waals surface area contributed by atoms with Gasteiger partial charge in [0.05, 0.1) is 12.7 Å². The number of hydrogen-bond acceptors (Lipinski definition) is 4. The number of carbonyl (C=O) groups is 1. The van der Waals surface area contributed by atoms with Gasteiger partial charge < -0.3 is 10.6 Å². The van der Waals surface area contributed by atoms with E-state index in [0.29, 0.717) is 25.4 Å². The number of carbonyl (C=O) groups excluding carboxylic acids is 1. The van der Waals surface area contributed by atoms with Gasteiger partial charge in [-0.15, -0.1) is 5.10 Å². The van der Waals surface area contributed by atoms with E-state index >= 15 is 0 Å². The number of amides is 1. The molecular weight excluding hydrogens is 218 g/mol. The maximum absolute atomic E-state index is 11.7. The molecule has 17 heavy (non-hydrogen) atoms. The Hall–Kier alpha value is -1.43. The van der Waals surface area contributed by atoms with Gasteiger partial charge in [0.15, 0.2) is 0 Å². The average molecular weight is 237 g/mol. The normalized spacial score (nSPS) is 20.1. The van der Waals surface area contributed by atoms with Crippen molar-refractivity contribution in [3.63, 3.8) is 0 Å². The lowest BCUT2D eigenvalue weighted by Gasteiger charge is -2.22. The molecule has 1 saturated heterocycles.